The predicted octanol–water partition coefficient (Wildman–Crippen LogP) is 7.88. The van der Waals surface area contributed by atoms with Crippen LogP contribution in [0.15, 0.2) is 77.7 Å². The quantitative estimate of drug-likeness (QED) is 0.165. The average Bonchev–Trinajstić information content (AvgIpc) is 2.89. The molecule has 1 aliphatic rings. The number of aromatic nitrogens is 2. The number of alkyl halides is 3. The number of pyridine rings is 2. The molecular formula is C27H22F5N3OS. The number of rotatable bonds is 4. The summed E-state index contributed by atoms with van der Waals surface area (Å²) < 4.78 is 72.3. The van der Waals surface area contributed by atoms with Crippen molar-refractivity contribution < 1.29 is 26.7 Å². The molecule has 4 nitrogen and oxygen atoms in total. The molecule has 3 heterocycles. The van der Waals surface area contributed by atoms with Crippen molar-refractivity contribution >= 4 is 17.8 Å². The number of nitrogens with one attached hydrogen (secondary N) is 1. The molecule has 192 valence electrons. The molecule has 0 saturated carbocycles. The van der Waals surface area contributed by atoms with Crippen molar-refractivity contribution in [2.75, 3.05) is 11.3 Å². The lowest BCUT2D eigenvalue weighted by atomic mass is 10.1. The number of hydrogen-bond acceptors (Lipinski definition) is 5. The zero-order valence-corrected chi connectivity index (χ0v) is 20.5. The van der Waals surface area contributed by atoms with Gasteiger partial charge in [0.05, 0.1) is 23.6 Å². The summed E-state index contributed by atoms with van der Waals surface area (Å²) in [6.45, 7) is 2.24. The average molecular weight is 532 g/mol. The van der Waals surface area contributed by atoms with Crippen molar-refractivity contribution in [2.45, 2.75) is 30.8 Å². The summed E-state index contributed by atoms with van der Waals surface area (Å²) in [5.74, 6) is 0.485. The van der Waals surface area contributed by atoms with Crippen LogP contribution < -0.4 is 9.46 Å². The SMILES string of the molecule is Cc1nc(-c2cccc(C(F)(F)F)c2)ccc1F.Fc1cccc(NSc2ccc3c(c2)OCCC3)n1. The zero-order valence-electron chi connectivity index (χ0n) is 19.7. The van der Waals surface area contributed by atoms with Gasteiger partial charge in [0.1, 0.15) is 17.4 Å². The minimum absolute atomic E-state index is 0.157. The molecule has 0 amide bonds. The van der Waals surface area contributed by atoms with Crippen LogP contribution in [0, 0.1) is 18.7 Å². The molecule has 0 unspecified atom stereocenters. The summed E-state index contributed by atoms with van der Waals surface area (Å²) in [6.07, 6.45) is -2.25. The maximum Gasteiger partial charge on any atom is 0.416 e. The third kappa shape index (κ3) is 7.19. The maximum atomic E-state index is 13.0. The molecule has 37 heavy (non-hydrogen) atoms. The van der Waals surface area contributed by atoms with Crippen LogP contribution >= 0.6 is 11.9 Å². The molecule has 5 rings (SSSR count). The smallest absolute Gasteiger partial charge is 0.416 e. The van der Waals surface area contributed by atoms with Crippen LogP contribution in [0.3, 0.4) is 0 Å². The van der Waals surface area contributed by atoms with Gasteiger partial charge in [-0.1, -0.05) is 24.3 Å². The van der Waals surface area contributed by atoms with Crippen LogP contribution in [0.1, 0.15) is 23.2 Å². The fourth-order valence-electron chi connectivity index (χ4n) is 3.52. The normalized spacial score (nSPS) is 12.6. The highest BCUT2D eigenvalue weighted by atomic mass is 32.2. The Morgan fingerprint density at radius 3 is 2.49 bits per heavy atom. The summed E-state index contributed by atoms with van der Waals surface area (Å²) in [7, 11) is 0. The first-order chi connectivity index (χ1) is 17.7. The third-order valence-corrected chi connectivity index (χ3v) is 6.18. The standard InChI is InChI=1S/C14H13FN2OS.C13H9F4N/c15-13-4-1-5-14(16-13)17-19-11-7-6-10-3-2-8-18-12(10)9-11;1-8-11(14)5-6-12(18-8)9-3-2-4-10(7-9)13(15,16)17/h1,4-7,9H,2-3,8H2,(H,16,17);2-7H,1H3. The van der Waals surface area contributed by atoms with Crippen molar-refractivity contribution in [1.82, 2.24) is 9.97 Å². The molecule has 4 aromatic rings. The summed E-state index contributed by atoms with van der Waals surface area (Å²) in [6, 6.07) is 18.1. The van der Waals surface area contributed by atoms with Gasteiger partial charge in [-0.3, -0.25) is 4.98 Å². The number of nitrogens with zero attached hydrogens (tertiary/aromatic N) is 2. The largest absolute Gasteiger partial charge is 0.493 e. The van der Waals surface area contributed by atoms with Crippen molar-refractivity contribution in [2.24, 2.45) is 0 Å². The molecule has 0 radical (unpaired) electrons. The van der Waals surface area contributed by atoms with E-state index in [1.807, 2.05) is 12.1 Å². The van der Waals surface area contributed by atoms with Crippen LogP contribution in [-0.4, -0.2) is 16.6 Å². The molecule has 0 saturated heterocycles. The lowest BCUT2D eigenvalue weighted by Gasteiger charge is -2.17. The van der Waals surface area contributed by atoms with Crippen LogP contribution in [-0.2, 0) is 12.6 Å². The van der Waals surface area contributed by atoms with E-state index in [0.717, 1.165) is 42.2 Å². The minimum atomic E-state index is -4.40. The highest BCUT2D eigenvalue weighted by Gasteiger charge is 2.30. The Kier molecular flexibility index (Phi) is 8.27. The number of fused-ring (bicyclic) bond motifs is 1. The van der Waals surface area contributed by atoms with Gasteiger partial charge in [0.15, 0.2) is 0 Å². The molecular weight excluding hydrogens is 509 g/mol. The molecule has 0 spiro atoms. The van der Waals surface area contributed by atoms with Crippen molar-refractivity contribution in [1.29, 1.82) is 0 Å². The van der Waals surface area contributed by atoms with E-state index in [1.54, 1.807) is 12.1 Å². The van der Waals surface area contributed by atoms with Crippen LogP contribution in [0.4, 0.5) is 27.8 Å². The Balaban J connectivity index is 0.000000173. The molecule has 2 aromatic heterocycles. The number of halogens is 5. The van der Waals surface area contributed by atoms with Gasteiger partial charge in [0.2, 0.25) is 5.95 Å². The highest BCUT2D eigenvalue weighted by Crippen LogP contribution is 2.32. The number of ether oxygens (including phenoxy) is 1. The van der Waals surface area contributed by atoms with Crippen molar-refractivity contribution in [3.63, 3.8) is 0 Å². The Morgan fingerprint density at radius 2 is 1.73 bits per heavy atom. The van der Waals surface area contributed by atoms with Gasteiger partial charge in [-0.2, -0.15) is 17.6 Å². The minimum Gasteiger partial charge on any atom is -0.493 e. The summed E-state index contributed by atoms with van der Waals surface area (Å²) >= 11 is 1.40. The van der Waals surface area contributed by atoms with Gasteiger partial charge in [-0.25, -0.2) is 9.37 Å². The van der Waals surface area contributed by atoms with E-state index in [2.05, 4.69) is 20.8 Å². The first-order valence-electron chi connectivity index (χ1n) is 11.3. The monoisotopic (exact) mass is 531 g/mol. The topological polar surface area (TPSA) is 47.0 Å². The predicted molar refractivity (Wildman–Crippen MR) is 133 cm³/mol. The number of hydrogen-bond donors (Lipinski definition) is 1. The van der Waals surface area contributed by atoms with Crippen LogP contribution in [0.5, 0.6) is 5.75 Å². The summed E-state index contributed by atoms with van der Waals surface area (Å²) in [5, 5.41) is 0. The highest BCUT2D eigenvalue weighted by molar-refractivity contribution is 8.00. The molecule has 0 bridgehead atoms. The van der Waals surface area contributed by atoms with Crippen LogP contribution in [0.25, 0.3) is 11.3 Å². The van der Waals surface area contributed by atoms with E-state index in [0.29, 0.717) is 17.1 Å². The van der Waals surface area contributed by atoms with E-state index < -0.39 is 23.5 Å². The molecule has 2 aromatic carbocycles. The van der Waals surface area contributed by atoms with Gasteiger partial charge in [0, 0.05) is 10.5 Å². The first-order valence-corrected chi connectivity index (χ1v) is 12.1. The second-order valence-corrected chi connectivity index (χ2v) is 8.99. The fraction of sp³-hybridized carbons (Fsp3) is 0.185. The van der Waals surface area contributed by atoms with Gasteiger partial charge < -0.3 is 9.46 Å². The lowest BCUT2D eigenvalue weighted by molar-refractivity contribution is -0.137. The van der Waals surface area contributed by atoms with Gasteiger partial charge in [-0.05, 0) is 85.8 Å². The Bertz CT molecular complexity index is 1380. The Hall–Kier alpha value is -3.66. The Labute approximate surface area is 215 Å². The van der Waals surface area contributed by atoms with E-state index in [1.165, 1.54) is 54.8 Å². The van der Waals surface area contributed by atoms with Crippen LogP contribution in [0.2, 0.25) is 0 Å². The molecule has 0 atom stereocenters. The van der Waals surface area contributed by atoms with Gasteiger partial charge >= 0.3 is 6.18 Å². The fourth-order valence-corrected chi connectivity index (χ4v) is 4.16. The second-order valence-electron chi connectivity index (χ2n) is 8.11. The maximum absolute atomic E-state index is 13.0. The van der Waals surface area contributed by atoms with E-state index >= 15 is 0 Å². The number of anilines is 1. The van der Waals surface area contributed by atoms with Crippen molar-refractivity contribution in [3.8, 4) is 17.0 Å². The number of benzene rings is 2. The molecule has 0 fully saturated rings. The summed E-state index contributed by atoms with van der Waals surface area (Å²) in [5.41, 5.74) is 1.29. The van der Waals surface area contributed by atoms with Gasteiger partial charge in [-0.15, -0.1) is 0 Å². The number of aryl methyl sites for hydroxylation is 2. The van der Waals surface area contributed by atoms with E-state index in [-0.39, 0.29) is 5.69 Å². The van der Waals surface area contributed by atoms with E-state index in [9.17, 15) is 22.0 Å². The molecule has 0 aliphatic carbocycles. The molecule has 1 aliphatic heterocycles. The van der Waals surface area contributed by atoms with Gasteiger partial charge in [0.25, 0.3) is 0 Å². The first kappa shape index (κ1) is 26.4. The Morgan fingerprint density at radius 1 is 0.919 bits per heavy atom. The van der Waals surface area contributed by atoms with Crippen molar-refractivity contribution in [3.05, 3.63) is 101 Å². The molecule has 10 heteroatoms. The molecule has 1 N–H and O–H groups in total. The lowest BCUT2D eigenvalue weighted by Crippen LogP contribution is -2.08. The summed E-state index contributed by atoms with van der Waals surface area (Å²) in [4.78, 5) is 8.69. The third-order valence-electron chi connectivity index (χ3n) is 5.38. The second kappa shape index (κ2) is 11.6. The van der Waals surface area contributed by atoms with E-state index in [4.69, 9.17) is 4.74 Å². The zero-order chi connectivity index (χ0) is 26.4.